The van der Waals surface area contributed by atoms with E-state index in [0.29, 0.717) is 6.42 Å². The lowest BCUT2D eigenvalue weighted by molar-refractivity contribution is -0.359. The molecule has 9 N–H and O–H groups in total. The zero-order valence-corrected chi connectivity index (χ0v) is 58.5. The maximum absolute atomic E-state index is 13.4. The topological polar surface area (TPSA) is 228 Å². The monoisotopic (exact) mass is 1300 g/mol. The molecule has 12 atom stereocenters. The largest absolute Gasteiger partial charge is 0.394 e. The van der Waals surface area contributed by atoms with Crippen LogP contribution in [0.1, 0.15) is 322 Å². The Bertz CT molecular complexity index is 1820. The van der Waals surface area contributed by atoms with Crippen molar-refractivity contribution in [2.45, 2.75) is 396 Å². The van der Waals surface area contributed by atoms with E-state index in [2.05, 4.69) is 79.9 Å². The van der Waals surface area contributed by atoms with Crippen LogP contribution in [0.2, 0.25) is 0 Å². The molecule has 1 amide bonds. The second-order valence-corrected chi connectivity index (χ2v) is 26.8. The van der Waals surface area contributed by atoms with Gasteiger partial charge in [0.25, 0.3) is 0 Å². The second-order valence-electron chi connectivity index (χ2n) is 26.8. The van der Waals surface area contributed by atoms with Crippen molar-refractivity contribution in [3.63, 3.8) is 0 Å². The van der Waals surface area contributed by atoms with Crippen LogP contribution in [0.15, 0.2) is 72.9 Å². The molecule has 0 saturated carbocycles. The molecule has 0 bridgehead atoms. The molecule has 0 aliphatic carbocycles. The van der Waals surface area contributed by atoms with E-state index >= 15 is 0 Å². The zero-order chi connectivity index (χ0) is 66.6. The number of carbonyl (C=O) groups excluding carboxylic acids is 1. The first-order valence-electron chi connectivity index (χ1n) is 38.2. The molecule has 14 heteroatoms. The number of carbonyl (C=O) groups is 1. The normalized spacial score (nSPS) is 23.1. The van der Waals surface area contributed by atoms with Crippen LogP contribution in [0.5, 0.6) is 0 Å². The molecule has 0 aromatic rings. The van der Waals surface area contributed by atoms with Crippen LogP contribution >= 0.6 is 0 Å². The molecule has 2 saturated heterocycles. The van der Waals surface area contributed by atoms with Crippen LogP contribution < -0.4 is 5.32 Å². The molecular formula is C78H141NO13. The number of aliphatic hydroxyl groups excluding tert-OH is 8. The van der Waals surface area contributed by atoms with Crippen LogP contribution in [-0.4, -0.2) is 140 Å². The Morgan fingerprint density at radius 3 is 1.15 bits per heavy atom. The summed E-state index contributed by atoms with van der Waals surface area (Å²) in [6.45, 7) is 2.73. The number of amides is 1. The van der Waals surface area contributed by atoms with Crippen LogP contribution in [0.3, 0.4) is 0 Å². The summed E-state index contributed by atoms with van der Waals surface area (Å²) in [5.41, 5.74) is 0. The minimum Gasteiger partial charge on any atom is -0.394 e. The van der Waals surface area contributed by atoms with E-state index in [0.717, 1.165) is 77.0 Å². The molecule has 14 nitrogen and oxygen atoms in total. The summed E-state index contributed by atoms with van der Waals surface area (Å²) >= 11 is 0. The van der Waals surface area contributed by atoms with E-state index in [9.17, 15) is 45.6 Å². The van der Waals surface area contributed by atoms with Gasteiger partial charge in [0.1, 0.15) is 48.8 Å². The van der Waals surface area contributed by atoms with E-state index in [1.54, 1.807) is 6.08 Å². The Hall–Kier alpha value is -2.57. The van der Waals surface area contributed by atoms with E-state index < -0.39 is 86.8 Å². The molecule has 2 rings (SSSR count). The first-order valence-corrected chi connectivity index (χ1v) is 38.2. The predicted molar refractivity (Wildman–Crippen MR) is 378 cm³/mol. The lowest BCUT2D eigenvalue weighted by atomic mass is 9.97. The van der Waals surface area contributed by atoms with Gasteiger partial charge in [-0.15, -0.1) is 0 Å². The highest BCUT2D eigenvalue weighted by molar-refractivity contribution is 5.76. The van der Waals surface area contributed by atoms with Crippen molar-refractivity contribution in [2.75, 3.05) is 19.8 Å². The highest BCUT2D eigenvalue weighted by Crippen LogP contribution is 2.30. The van der Waals surface area contributed by atoms with Crippen molar-refractivity contribution >= 4 is 5.91 Å². The number of aliphatic hydroxyl groups is 8. The summed E-state index contributed by atoms with van der Waals surface area (Å²) in [4.78, 5) is 13.4. The maximum atomic E-state index is 13.4. The van der Waals surface area contributed by atoms with Crippen LogP contribution in [0, 0.1) is 0 Å². The quantitative estimate of drug-likeness (QED) is 0.0204. The SMILES string of the molecule is CC/C=C\C/C=C\C/C=C\C/C=C\C/C=C\CCCCCCCCCCCCCCCC(=O)NC(COC1OC(CO)C(OC2OC(CO)C(O)C(O)C2O)C(O)C1O)C(O)/C=C/CCCCCCCCCCCCCCCCCCCCCCCCCCCCC. The van der Waals surface area contributed by atoms with Gasteiger partial charge in [0, 0.05) is 6.42 Å². The predicted octanol–water partition coefficient (Wildman–Crippen LogP) is 16.6. The van der Waals surface area contributed by atoms with Gasteiger partial charge in [-0.3, -0.25) is 4.79 Å². The van der Waals surface area contributed by atoms with E-state index in [4.69, 9.17) is 18.9 Å². The smallest absolute Gasteiger partial charge is 0.220 e. The van der Waals surface area contributed by atoms with E-state index in [-0.39, 0.29) is 18.9 Å². The van der Waals surface area contributed by atoms with Gasteiger partial charge in [-0.05, 0) is 64.2 Å². The van der Waals surface area contributed by atoms with Gasteiger partial charge in [-0.25, -0.2) is 0 Å². The third-order valence-corrected chi connectivity index (χ3v) is 18.4. The Morgan fingerprint density at radius 2 is 0.750 bits per heavy atom. The Morgan fingerprint density at radius 1 is 0.402 bits per heavy atom. The molecule has 2 aliphatic heterocycles. The van der Waals surface area contributed by atoms with Gasteiger partial charge in [0.2, 0.25) is 5.91 Å². The summed E-state index contributed by atoms with van der Waals surface area (Å²) < 4.78 is 22.9. The number of rotatable bonds is 63. The fourth-order valence-corrected chi connectivity index (χ4v) is 12.4. The number of unbranched alkanes of at least 4 members (excludes halogenated alkanes) is 40. The van der Waals surface area contributed by atoms with Crippen molar-refractivity contribution in [1.82, 2.24) is 5.32 Å². The summed E-state index contributed by atoms with van der Waals surface area (Å²) in [7, 11) is 0. The Labute approximate surface area is 561 Å². The highest BCUT2D eigenvalue weighted by Gasteiger charge is 2.51. The van der Waals surface area contributed by atoms with Crippen molar-refractivity contribution in [2.24, 2.45) is 0 Å². The molecular weight excluding hydrogens is 1160 g/mol. The molecule has 92 heavy (non-hydrogen) atoms. The third-order valence-electron chi connectivity index (χ3n) is 18.4. The fourth-order valence-electron chi connectivity index (χ4n) is 12.4. The minimum absolute atomic E-state index is 0.239. The summed E-state index contributed by atoms with van der Waals surface area (Å²) in [6.07, 6.45) is 68.2. The second kappa shape index (κ2) is 62.0. The average molecular weight is 1300 g/mol. The fraction of sp³-hybridized carbons (Fsp3) is 0.833. The summed E-state index contributed by atoms with van der Waals surface area (Å²) in [6, 6.07) is -0.921. The molecule has 0 radical (unpaired) electrons. The number of nitrogens with one attached hydrogen (secondary N) is 1. The first kappa shape index (κ1) is 85.5. The third kappa shape index (κ3) is 45.0. The Balaban J connectivity index is 1.65. The molecule has 0 aromatic carbocycles. The number of allylic oxidation sites excluding steroid dienone is 11. The molecule has 0 spiro atoms. The van der Waals surface area contributed by atoms with E-state index in [1.807, 2.05) is 6.08 Å². The molecule has 2 heterocycles. The number of hydrogen-bond acceptors (Lipinski definition) is 13. The molecule has 0 aromatic heterocycles. The van der Waals surface area contributed by atoms with Crippen molar-refractivity contribution in [1.29, 1.82) is 0 Å². The minimum atomic E-state index is -1.79. The first-order chi connectivity index (χ1) is 45.1. The standard InChI is InChI=1S/C78H141NO13/c1-3-5-7-9-11-13-15-17-19-21-23-25-27-29-31-33-35-37-39-41-43-45-47-49-51-53-55-57-59-61-67(82)66(65-89-77-75(88)73(86)76(69(64-81)91-77)92-78-74(87)72(85)71(84)68(63-80)90-78)79-70(83)62-60-58-56-54-52-50-48-46-44-42-40-38-36-34-32-30-28-26-24-22-20-18-16-14-12-10-8-6-4-2/h6,8,12,14,18,20,24,26,30,32,59,61,66-69,71-78,80-82,84-88H,3-5,7,9-11,13,15-17,19,21-23,25,27-29,31,33-58,60,62-65H2,1-2H3,(H,79,83)/b8-6-,14-12-,20-18-,26-24-,32-30-,61-59+. The molecule has 2 aliphatic rings. The van der Waals surface area contributed by atoms with Gasteiger partial charge < -0.3 is 65.1 Å². The Kier molecular flexibility index (Phi) is 57.6. The number of hydrogen-bond donors (Lipinski definition) is 9. The maximum Gasteiger partial charge on any atom is 0.220 e. The van der Waals surface area contributed by atoms with Crippen molar-refractivity contribution in [3.8, 4) is 0 Å². The van der Waals surface area contributed by atoms with Crippen molar-refractivity contribution < 1.29 is 64.6 Å². The van der Waals surface area contributed by atoms with Crippen LogP contribution in [0.4, 0.5) is 0 Å². The highest BCUT2D eigenvalue weighted by atomic mass is 16.7. The zero-order valence-electron chi connectivity index (χ0n) is 58.5. The summed E-state index contributed by atoms with van der Waals surface area (Å²) in [5, 5.41) is 87.6. The average Bonchev–Trinajstić information content (AvgIpc) is 0.836. The summed E-state index contributed by atoms with van der Waals surface area (Å²) in [5.74, 6) is -0.239. The van der Waals surface area contributed by atoms with Crippen molar-refractivity contribution in [3.05, 3.63) is 72.9 Å². The molecule has 12 unspecified atom stereocenters. The van der Waals surface area contributed by atoms with Gasteiger partial charge in [0.15, 0.2) is 12.6 Å². The lowest BCUT2D eigenvalue weighted by Crippen LogP contribution is -2.65. The van der Waals surface area contributed by atoms with Crippen LogP contribution in [0.25, 0.3) is 0 Å². The number of ether oxygens (including phenoxy) is 4. The van der Waals surface area contributed by atoms with Gasteiger partial charge in [-0.1, -0.05) is 324 Å². The van der Waals surface area contributed by atoms with E-state index in [1.165, 1.54) is 218 Å². The van der Waals surface area contributed by atoms with Gasteiger partial charge in [-0.2, -0.15) is 0 Å². The van der Waals surface area contributed by atoms with Gasteiger partial charge >= 0.3 is 0 Å². The molecule has 536 valence electrons. The lowest BCUT2D eigenvalue weighted by Gasteiger charge is -2.46. The molecule has 2 fully saturated rings. The van der Waals surface area contributed by atoms with Crippen LogP contribution in [-0.2, 0) is 23.7 Å². The van der Waals surface area contributed by atoms with Gasteiger partial charge in [0.05, 0.1) is 32.0 Å².